The van der Waals surface area contributed by atoms with Crippen LogP contribution in [-0.4, -0.2) is 79.7 Å². The number of likely N-dealkylation sites (tertiary alicyclic amines) is 1. The summed E-state index contributed by atoms with van der Waals surface area (Å²) in [6.45, 7) is 5.22. The molecule has 0 spiro atoms. The highest BCUT2D eigenvalue weighted by atomic mass is 16.7. The van der Waals surface area contributed by atoms with Crippen molar-refractivity contribution >= 4 is 17.7 Å². The fourth-order valence-corrected chi connectivity index (χ4v) is 4.33. The summed E-state index contributed by atoms with van der Waals surface area (Å²) in [6.07, 6.45) is 1.82. The zero-order chi connectivity index (χ0) is 21.8. The number of amides is 3. The van der Waals surface area contributed by atoms with Crippen LogP contribution in [0.5, 0.6) is 11.5 Å². The Bertz CT molecular complexity index is 831. The van der Waals surface area contributed by atoms with Crippen LogP contribution >= 0.6 is 0 Å². The Hall–Kier alpha value is -2.81. The fourth-order valence-electron chi connectivity index (χ4n) is 4.33. The SMILES string of the molecule is CCC(=O)N1CCC([C@H](NC(=O)c2ccc3c(c2)OCO3)C(=O)N2CCOCC2)CC1. The van der Waals surface area contributed by atoms with E-state index in [4.69, 9.17) is 14.2 Å². The zero-order valence-corrected chi connectivity index (χ0v) is 17.8. The van der Waals surface area contributed by atoms with E-state index in [1.54, 1.807) is 23.1 Å². The number of carbonyl (C=O) groups is 3. The van der Waals surface area contributed by atoms with E-state index in [0.717, 1.165) is 0 Å². The molecule has 168 valence electrons. The molecule has 3 heterocycles. The first kappa shape index (κ1) is 21.4. The number of hydrogen-bond acceptors (Lipinski definition) is 6. The van der Waals surface area contributed by atoms with Gasteiger partial charge in [-0.15, -0.1) is 0 Å². The molecule has 3 aliphatic rings. The van der Waals surface area contributed by atoms with Crippen molar-refractivity contribution in [2.24, 2.45) is 5.92 Å². The maximum Gasteiger partial charge on any atom is 0.252 e. The van der Waals surface area contributed by atoms with Crippen LogP contribution in [0.25, 0.3) is 0 Å². The molecule has 1 atom stereocenters. The molecule has 9 nitrogen and oxygen atoms in total. The van der Waals surface area contributed by atoms with Crippen molar-refractivity contribution < 1.29 is 28.6 Å². The van der Waals surface area contributed by atoms with Gasteiger partial charge in [0.1, 0.15) is 6.04 Å². The van der Waals surface area contributed by atoms with Crippen LogP contribution in [-0.2, 0) is 14.3 Å². The first-order valence-electron chi connectivity index (χ1n) is 10.9. The molecule has 4 rings (SSSR count). The Morgan fingerprint density at radius 2 is 1.74 bits per heavy atom. The number of piperidine rings is 1. The van der Waals surface area contributed by atoms with Gasteiger partial charge in [0.2, 0.25) is 18.6 Å². The third kappa shape index (κ3) is 4.76. The van der Waals surface area contributed by atoms with E-state index in [9.17, 15) is 14.4 Å². The quantitative estimate of drug-likeness (QED) is 0.748. The number of carbonyl (C=O) groups excluding carboxylic acids is 3. The molecule has 1 aromatic rings. The van der Waals surface area contributed by atoms with Crippen molar-refractivity contribution in [3.05, 3.63) is 23.8 Å². The number of nitrogens with one attached hydrogen (secondary N) is 1. The molecule has 3 aliphatic heterocycles. The Balaban J connectivity index is 1.49. The first-order valence-corrected chi connectivity index (χ1v) is 10.9. The lowest BCUT2D eigenvalue weighted by atomic mass is 9.88. The van der Waals surface area contributed by atoms with Gasteiger partial charge >= 0.3 is 0 Å². The minimum absolute atomic E-state index is 0.0331. The Kier molecular flexibility index (Phi) is 6.60. The topological polar surface area (TPSA) is 97.4 Å². The number of fused-ring (bicyclic) bond motifs is 1. The lowest BCUT2D eigenvalue weighted by Crippen LogP contribution is -2.56. The molecule has 1 aromatic carbocycles. The predicted molar refractivity (Wildman–Crippen MR) is 111 cm³/mol. The minimum atomic E-state index is -0.644. The van der Waals surface area contributed by atoms with Gasteiger partial charge in [-0.05, 0) is 37.0 Å². The standard InChI is InChI=1S/C22H29N3O6/c1-2-19(26)24-7-5-15(6-8-24)20(22(28)25-9-11-29-12-10-25)23-21(27)16-3-4-17-18(13-16)31-14-30-17/h3-4,13,15,20H,2,5-12,14H2,1H3,(H,23,27)/t20-/m0/s1. The highest BCUT2D eigenvalue weighted by molar-refractivity contribution is 5.98. The molecular weight excluding hydrogens is 402 g/mol. The van der Waals surface area contributed by atoms with Crippen LogP contribution in [0.1, 0.15) is 36.5 Å². The molecule has 0 saturated carbocycles. The summed E-state index contributed by atoms with van der Waals surface area (Å²) in [4.78, 5) is 42.0. The average Bonchev–Trinajstić information content (AvgIpc) is 3.30. The largest absolute Gasteiger partial charge is 0.454 e. The molecule has 0 aromatic heterocycles. The summed E-state index contributed by atoms with van der Waals surface area (Å²) in [5.74, 6) is 0.809. The predicted octanol–water partition coefficient (Wildman–Crippen LogP) is 1.02. The van der Waals surface area contributed by atoms with Gasteiger partial charge < -0.3 is 29.3 Å². The van der Waals surface area contributed by atoms with Crippen LogP contribution < -0.4 is 14.8 Å². The molecule has 3 amide bonds. The molecule has 2 fully saturated rings. The van der Waals surface area contributed by atoms with E-state index in [1.807, 2.05) is 11.8 Å². The molecule has 2 saturated heterocycles. The lowest BCUT2D eigenvalue weighted by Gasteiger charge is -2.38. The number of rotatable bonds is 5. The summed E-state index contributed by atoms with van der Waals surface area (Å²) < 4.78 is 16.0. The number of hydrogen-bond donors (Lipinski definition) is 1. The van der Waals surface area contributed by atoms with Crippen molar-refractivity contribution in [2.45, 2.75) is 32.2 Å². The Labute approximate surface area is 181 Å². The monoisotopic (exact) mass is 431 g/mol. The smallest absolute Gasteiger partial charge is 0.252 e. The fraction of sp³-hybridized carbons (Fsp3) is 0.591. The summed E-state index contributed by atoms with van der Waals surface area (Å²) in [7, 11) is 0. The minimum Gasteiger partial charge on any atom is -0.454 e. The molecule has 0 unspecified atom stereocenters. The highest BCUT2D eigenvalue weighted by Crippen LogP contribution is 2.32. The van der Waals surface area contributed by atoms with Crippen LogP contribution in [0.3, 0.4) is 0 Å². The molecule has 1 N–H and O–H groups in total. The normalized spacial score (nSPS) is 19.8. The zero-order valence-electron chi connectivity index (χ0n) is 17.8. The molecule has 31 heavy (non-hydrogen) atoms. The second-order valence-corrected chi connectivity index (χ2v) is 8.03. The van der Waals surface area contributed by atoms with Gasteiger partial charge in [0.15, 0.2) is 11.5 Å². The number of benzene rings is 1. The van der Waals surface area contributed by atoms with E-state index in [-0.39, 0.29) is 30.4 Å². The van der Waals surface area contributed by atoms with Crippen molar-refractivity contribution in [2.75, 3.05) is 46.2 Å². The van der Waals surface area contributed by atoms with E-state index in [0.29, 0.717) is 75.7 Å². The first-order chi connectivity index (χ1) is 15.1. The third-order valence-corrected chi connectivity index (χ3v) is 6.18. The van der Waals surface area contributed by atoms with Gasteiger partial charge in [-0.1, -0.05) is 6.92 Å². The van der Waals surface area contributed by atoms with E-state index in [1.165, 1.54) is 0 Å². The van der Waals surface area contributed by atoms with Gasteiger partial charge in [-0.25, -0.2) is 0 Å². The van der Waals surface area contributed by atoms with Gasteiger partial charge in [0, 0.05) is 38.2 Å². The second-order valence-electron chi connectivity index (χ2n) is 8.03. The molecule has 0 aliphatic carbocycles. The Morgan fingerprint density at radius 1 is 1.03 bits per heavy atom. The van der Waals surface area contributed by atoms with Crippen molar-refractivity contribution in [1.29, 1.82) is 0 Å². The van der Waals surface area contributed by atoms with Crippen LogP contribution in [0.4, 0.5) is 0 Å². The van der Waals surface area contributed by atoms with Crippen molar-refractivity contribution in [3.63, 3.8) is 0 Å². The molecule has 0 bridgehead atoms. The molecule has 0 radical (unpaired) electrons. The number of morpholine rings is 1. The van der Waals surface area contributed by atoms with Gasteiger partial charge in [-0.3, -0.25) is 14.4 Å². The maximum absolute atomic E-state index is 13.4. The van der Waals surface area contributed by atoms with Crippen LogP contribution in [0.15, 0.2) is 18.2 Å². The third-order valence-electron chi connectivity index (χ3n) is 6.18. The Morgan fingerprint density at radius 3 is 2.45 bits per heavy atom. The second kappa shape index (κ2) is 9.55. The van der Waals surface area contributed by atoms with Crippen LogP contribution in [0.2, 0.25) is 0 Å². The molecular formula is C22H29N3O6. The number of ether oxygens (including phenoxy) is 3. The van der Waals surface area contributed by atoms with E-state index >= 15 is 0 Å². The van der Waals surface area contributed by atoms with E-state index < -0.39 is 6.04 Å². The highest BCUT2D eigenvalue weighted by Gasteiger charge is 2.36. The summed E-state index contributed by atoms with van der Waals surface area (Å²) in [6, 6.07) is 4.36. The summed E-state index contributed by atoms with van der Waals surface area (Å²) >= 11 is 0. The summed E-state index contributed by atoms with van der Waals surface area (Å²) in [5.41, 5.74) is 0.419. The number of nitrogens with zero attached hydrogens (tertiary/aromatic N) is 2. The lowest BCUT2D eigenvalue weighted by molar-refractivity contribution is -0.139. The maximum atomic E-state index is 13.4. The summed E-state index contributed by atoms with van der Waals surface area (Å²) in [5, 5.41) is 2.98. The van der Waals surface area contributed by atoms with Gasteiger partial charge in [0.25, 0.3) is 5.91 Å². The van der Waals surface area contributed by atoms with Gasteiger partial charge in [-0.2, -0.15) is 0 Å². The average molecular weight is 431 g/mol. The van der Waals surface area contributed by atoms with Crippen LogP contribution in [0, 0.1) is 5.92 Å². The van der Waals surface area contributed by atoms with Crippen molar-refractivity contribution in [3.8, 4) is 11.5 Å². The van der Waals surface area contributed by atoms with Crippen molar-refractivity contribution in [1.82, 2.24) is 15.1 Å². The van der Waals surface area contributed by atoms with E-state index in [2.05, 4.69) is 5.32 Å². The van der Waals surface area contributed by atoms with Gasteiger partial charge in [0.05, 0.1) is 13.2 Å². The molecule has 9 heteroatoms.